The molecule has 4 nitrogen and oxygen atoms in total. The Balaban J connectivity index is 2.03. The standard InChI is InChI=1S/C14H20N2O2/c1-11-3-4-13(12(2)9-11)15-5-7-16(8-6-15)14(18)10-17/h3-4,9,17H,5-8,10H2,1-2H3. The third-order valence-electron chi connectivity index (χ3n) is 3.46. The molecular formula is C14H20N2O2. The van der Waals surface area contributed by atoms with Gasteiger partial charge >= 0.3 is 0 Å². The van der Waals surface area contributed by atoms with E-state index in [0.717, 1.165) is 13.1 Å². The van der Waals surface area contributed by atoms with Crippen molar-refractivity contribution in [1.82, 2.24) is 4.90 Å². The minimum atomic E-state index is -0.385. The number of hydrogen-bond acceptors (Lipinski definition) is 3. The van der Waals surface area contributed by atoms with Crippen molar-refractivity contribution in [2.75, 3.05) is 37.7 Å². The molecule has 0 saturated carbocycles. The Kier molecular flexibility index (Phi) is 3.87. The maximum Gasteiger partial charge on any atom is 0.248 e. The van der Waals surface area contributed by atoms with Gasteiger partial charge in [0.1, 0.15) is 6.61 Å². The number of hydrogen-bond donors (Lipinski definition) is 1. The molecule has 1 fully saturated rings. The molecule has 0 unspecified atom stereocenters. The van der Waals surface area contributed by atoms with Crippen molar-refractivity contribution in [1.29, 1.82) is 0 Å². The maximum absolute atomic E-state index is 11.4. The van der Waals surface area contributed by atoms with E-state index in [9.17, 15) is 4.79 Å². The van der Waals surface area contributed by atoms with E-state index < -0.39 is 0 Å². The van der Waals surface area contributed by atoms with Gasteiger partial charge in [0, 0.05) is 31.9 Å². The fourth-order valence-corrected chi connectivity index (χ4v) is 2.46. The second kappa shape index (κ2) is 5.40. The van der Waals surface area contributed by atoms with Gasteiger partial charge in [0.05, 0.1) is 0 Å². The quantitative estimate of drug-likeness (QED) is 0.847. The number of aliphatic hydroxyl groups is 1. The first-order chi connectivity index (χ1) is 8.61. The highest BCUT2D eigenvalue weighted by Crippen LogP contribution is 2.22. The summed E-state index contributed by atoms with van der Waals surface area (Å²) in [5, 5.41) is 8.84. The molecule has 1 aliphatic heterocycles. The van der Waals surface area contributed by atoms with Gasteiger partial charge in [-0.25, -0.2) is 0 Å². The van der Waals surface area contributed by atoms with Crippen LogP contribution >= 0.6 is 0 Å². The molecule has 1 N–H and O–H groups in total. The van der Waals surface area contributed by atoms with E-state index in [2.05, 4.69) is 36.9 Å². The first-order valence-corrected chi connectivity index (χ1v) is 6.32. The van der Waals surface area contributed by atoms with Crippen LogP contribution in [0.15, 0.2) is 18.2 Å². The van der Waals surface area contributed by atoms with E-state index >= 15 is 0 Å². The van der Waals surface area contributed by atoms with Crippen molar-refractivity contribution in [3.05, 3.63) is 29.3 Å². The second-order valence-corrected chi connectivity index (χ2v) is 4.82. The van der Waals surface area contributed by atoms with E-state index in [0.29, 0.717) is 13.1 Å². The predicted molar refractivity (Wildman–Crippen MR) is 71.8 cm³/mol. The SMILES string of the molecule is Cc1ccc(N2CCN(C(=O)CO)CC2)c(C)c1. The largest absolute Gasteiger partial charge is 0.387 e. The molecule has 1 aliphatic rings. The van der Waals surface area contributed by atoms with Gasteiger partial charge in [-0.3, -0.25) is 4.79 Å². The summed E-state index contributed by atoms with van der Waals surface area (Å²) in [6, 6.07) is 6.45. The number of aryl methyl sites for hydroxylation is 2. The first kappa shape index (κ1) is 12.9. The smallest absolute Gasteiger partial charge is 0.248 e. The number of carbonyl (C=O) groups is 1. The highest BCUT2D eigenvalue weighted by Gasteiger charge is 2.21. The van der Waals surface area contributed by atoms with Gasteiger partial charge in [0.15, 0.2) is 0 Å². The molecule has 1 saturated heterocycles. The lowest BCUT2D eigenvalue weighted by Gasteiger charge is -2.36. The number of nitrogens with zero attached hydrogens (tertiary/aromatic N) is 2. The Morgan fingerprint density at radius 2 is 1.89 bits per heavy atom. The van der Waals surface area contributed by atoms with Crippen molar-refractivity contribution in [3.63, 3.8) is 0 Å². The molecule has 0 aliphatic carbocycles. The average molecular weight is 248 g/mol. The van der Waals surface area contributed by atoms with E-state index in [1.165, 1.54) is 16.8 Å². The number of piperazine rings is 1. The number of amides is 1. The number of benzene rings is 1. The number of aliphatic hydroxyl groups excluding tert-OH is 1. The molecule has 0 aromatic heterocycles. The summed E-state index contributed by atoms with van der Waals surface area (Å²) in [6.45, 7) is 6.86. The fraction of sp³-hybridized carbons (Fsp3) is 0.500. The fourth-order valence-electron chi connectivity index (χ4n) is 2.46. The van der Waals surface area contributed by atoms with Crippen LogP contribution in [0.5, 0.6) is 0 Å². The normalized spacial score (nSPS) is 15.9. The molecule has 0 radical (unpaired) electrons. The Bertz CT molecular complexity index is 437. The molecule has 4 heteroatoms. The molecule has 98 valence electrons. The van der Waals surface area contributed by atoms with Crippen LogP contribution in [0.1, 0.15) is 11.1 Å². The third-order valence-corrected chi connectivity index (χ3v) is 3.46. The molecule has 2 rings (SSSR count). The summed E-state index contributed by atoms with van der Waals surface area (Å²) >= 11 is 0. The minimum Gasteiger partial charge on any atom is -0.387 e. The van der Waals surface area contributed by atoms with Crippen LogP contribution in [0.25, 0.3) is 0 Å². The zero-order chi connectivity index (χ0) is 13.1. The zero-order valence-electron chi connectivity index (χ0n) is 11.0. The number of carbonyl (C=O) groups excluding carboxylic acids is 1. The monoisotopic (exact) mass is 248 g/mol. The highest BCUT2D eigenvalue weighted by molar-refractivity contribution is 5.77. The van der Waals surface area contributed by atoms with Crippen molar-refractivity contribution in [2.24, 2.45) is 0 Å². The lowest BCUT2D eigenvalue weighted by Crippen LogP contribution is -2.49. The van der Waals surface area contributed by atoms with Gasteiger partial charge in [0.2, 0.25) is 5.91 Å². The van der Waals surface area contributed by atoms with E-state index in [4.69, 9.17) is 5.11 Å². The Morgan fingerprint density at radius 1 is 1.22 bits per heavy atom. The van der Waals surface area contributed by atoms with Gasteiger partial charge in [-0.15, -0.1) is 0 Å². The van der Waals surface area contributed by atoms with Crippen LogP contribution in [0.3, 0.4) is 0 Å². The first-order valence-electron chi connectivity index (χ1n) is 6.32. The molecule has 0 spiro atoms. The zero-order valence-corrected chi connectivity index (χ0v) is 11.0. The lowest BCUT2D eigenvalue weighted by molar-refractivity contribution is -0.134. The Morgan fingerprint density at radius 3 is 2.44 bits per heavy atom. The summed E-state index contributed by atoms with van der Waals surface area (Å²) in [5.74, 6) is -0.171. The van der Waals surface area contributed by atoms with Crippen molar-refractivity contribution in [2.45, 2.75) is 13.8 Å². The van der Waals surface area contributed by atoms with Gasteiger partial charge in [-0.2, -0.15) is 0 Å². The molecule has 1 heterocycles. The summed E-state index contributed by atoms with van der Waals surface area (Å²) in [4.78, 5) is 15.4. The second-order valence-electron chi connectivity index (χ2n) is 4.82. The van der Waals surface area contributed by atoms with E-state index in [-0.39, 0.29) is 12.5 Å². The Labute approximate surface area is 108 Å². The molecule has 1 aromatic carbocycles. The minimum absolute atomic E-state index is 0.171. The van der Waals surface area contributed by atoms with Gasteiger partial charge < -0.3 is 14.9 Å². The molecule has 18 heavy (non-hydrogen) atoms. The van der Waals surface area contributed by atoms with Crippen LogP contribution < -0.4 is 4.90 Å². The Hall–Kier alpha value is -1.55. The summed E-state index contributed by atoms with van der Waals surface area (Å²) in [7, 11) is 0. The number of rotatable bonds is 2. The average Bonchev–Trinajstić information content (AvgIpc) is 2.38. The van der Waals surface area contributed by atoms with Gasteiger partial charge in [0.25, 0.3) is 0 Å². The van der Waals surface area contributed by atoms with Gasteiger partial charge in [-0.05, 0) is 25.5 Å². The summed E-state index contributed by atoms with van der Waals surface area (Å²) < 4.78 is 0. The number of anilines is 1. The lowest BCUT2D eigenvalue weighted by atomic mass is 10.1. The molecule has 1 amide bonds. The third kappa shape index (κ3) is 2.64. The molecule has 1 aromatic rings. The van der Waals surface area contributed by atoms with Crippen LogP contribution in [-0.4, -0.2) is 48.7 Å². The van der Waals surface area contributed by atoms with Crippen molar-refractivity contribution >= 4 is 11.6 Å². The van der Waals surface area contributed by atoms with Crippen LogP contribution in [-0.2, 0) is 4.79 Å². The molecule has 0 atom stereocenters. The van der Waals surface area contributed by atoms with Crippen molar-refractivity contribution in [3.8, 4) is 0 Å². The molecular weight excluding hydrogens is 228 g/mol. The van der Waals surface area contributed by atoms with E-state index in [1.807, 2.05) is 0 Å². The van der Waals surface area contributed by atoms with Crippen LogP contribution in [0.2, 0.25) is 0 Å². The summed E-state index contributed by atoms with van der Waals surface area (Å²) in [6.07, 6.45) is 0. The topological polar surface area (TPSA) is 43.8 Å². The van der Waals surface area contributed by atoms with Gasteiger partial charge in [-0.1, -0.05) is 17.7 Å². The van der Waals surface area contributed by atoms with Crippen LogP contribution in [0.4, 0.5) is 5.69 Å². The van der Waals surface area contributed by atoms with E-state index in [1.54, 1.807) is 4.90 Å². The van der Waals surface area contributed by atoms with Crippen molar-refractivity contribution < 1.29 is 9.90 Å². The summed E-state index contributed by atoms with van der Waals surface area (Å²) in [5.41, 5.74) is 3.79. The predicted octanol–water partition coefficient (Wildman–Crippen LogP) is 0.944. The highest BCUT2D eigenvalue weighted by atomic mass is 16.3. The molecule has 0 bridgehead atoms. The van der Waals surface area contributed by atoms with Crippen LogP contribution in [0, 0.1) is 13.8 Å². The maximum atomic E-state index is 11.4.